The van der Waals surface area contributed by atoms with Crippen LogP contribution in [0.25, 0.3) is 27.9 Å². The number of anilines is 1. The molecule has 0 radical (unpaired) electrons. The lowest BCUT2D eigenvalue weighted by atomic mass is 10.1. The molecule has 9 nitrogen and oxygen atoms in total. The van der Waals surface area contributed by atoms with Gasteiger partial charge in [0, 0.05) is 5.69 Å². The van der Waals surface area contributed by atoms with E-state index in [2.05, 4.69) is 25.3 Å². The third-order valence-corrected chi connectivity index (χ3v) is 4.66. The fraction of sp³-hybridized carbons (Fsp3) is 0.0500. The molecule has 1 amide bonds. The molecule has 3 heterocycles. The van der Waals surface area contributed by atoms with Crippen molar-refractivity contribution in [1.29, 1.82) is 0 Å². The number of hydrogen-bond acceptors (Lipinski definition) is 6. The highest BCUT2D eigenvalue weighted by molar-refractivity contribution is 6.04. The van der Waals surface area contributed by atoms with Crippen LogP contribution in [-0.2, 0) is 6.54 Å². The molecule has 142 valence electrons. The summed E-state index contributed by atoms with van der Waals surface area (Å²) in [7, 11) is 0. The van der Waals surface area contributed by atoms with Gasteiger partial charge in [-0.1, -0.05) is 24.3 Å². The number of carbonyl (C=O) groups is 1. The van der Waals surface area contributed by atoms with Gasteiger partial charge in [0.2, 0.25) is 0 Å². The number of fused-ring (bicyclic) bond motifs is 2. The molecule has 0 saturated heterocycles. The molecule has 0 bridgehead atoms. The predicted molar refractivity (Wildman–Crippen MR) is 109 cm³/mol. The Labute approximate surface area is 164 Å². The third-order valence-electron chi connectivity index (χ3n) is 4.66. The monoisotopic (exact) mass is 384 g/mol. The van der Waals surface area contributed by atoms with E-state index in [0.717, 1.165) is 5.69 Å². The van der Waals surface area contributed by atoms with Gasteiger partial charge in [-0.15, -0.1) is 0 Å². The van der Waals surface area contributed by atoms with E-state index in [1.54, 1.807) is 18.5 Å². The standard InChI is InChI=1S/C20H16N8O/c21-18(29)13-7-4-8-14-17(13)28(12-5-2-1-3-6-12)15(27-14)9-22-19-16-20(24-10-23-16)26-11-25-19/h1-8,10-11H,9H2,(H2,21,29)(H2,22,23,24,25,26). The van der Waals surface area contributed by atoms with E-state index in [1.807, 2.05) is 41.0 Å². The molecule has 0 spiro atoms. The van der Waals surface area contributed by atoms with Gasteiger partial charge in [-0.3, -0.25) is 9.36 Å². The maximum absolute atomic E-state index is 12.0. The van der Waals surface area contributed by atoms with E-state index >= 15 is 0 Å². The number of imidazole rings is 2. The normalized spacial score (nSPS) is 11.2. The minimum Gasteiger partial charge on any atom is -0.366 e. The first kappa shape index (κ1) is 16.9. The van der Waals surface area contributed by atoms with Crippen LogP contribution in [0.5, 0.6) is 0 Å². The maximum Gasteiger partial charge on any atom is 0.250 e. The molecule has 0 fully saturated rings. The van der Waals surface area contributed by atoms with Crippen molar-refractivity contribution in [2.24, 2.45) is 5.73 Å². The van der Waals surface area contributed by atoms with Crippen molar-refractivity contribution in [1.82, 2.24) is 29.5 Å². The van der Waals surface area contributed by atoms with Crippen molar-refractivity contribution in [3.63, 3.8) is 0 Å². The zero-order valence-corrected chi connectivity index (χ0v) is 15.2. The van der Waals surface area contributed by atoms with Gasteiger partial charge in [-0.05, 0) is 24.3 Å². The second-order valence-corrected chi connectivity index (χ2v) is 6.41. The molecular weight excluding hydrogens is 368 g/mol. The first-order chi connectivity index (χ1) is 14.2. The number of nitrogens with two attached hydrogens (primary N) is 1. The molecule has 29 heavy (non-hydrogen) atoms. The van der Waals surface area contributed by atoms with Crippen molar-refractivity contribution < 1.29 is 4.79 Å². The average Bonchev–Trinajstić information content (AvgIpc) is 3.37. The molecule has 0 aliphatic carbocycles. The molecular formula is C20H16N8O. The van der Waals surface area contributed by atoms with E-state index in [-0.39, 0.29) is 0 Å². The average molecular weight is 384 g/mol. The second-order valence-electron chi connectivity index (χ2n) is 6.41. The summed E-state index contributed by atoms with van der Waals surface area (Å²) >= 11 is 0. The molecule has 5 aromatic rings. The maximum atomic E-state index is 12.0. The molecule has 2 aromatic carbocycles. The van der Waals surface area contributed by atoms with Crippen LogP contribution in [0.3, 0.4) is 0 Å². The summed E-state index contributed by atoms with van der Waals surface area (Å²) in [6, 6.07) is 15.1. The number of para-hydroxylation sites is 2. The minimum absolute atomic E-state index is 0.368. The summed E-state index contributed by atoms with van der Waals surface area (Å²) in [5, 5.41) is 3.29. The number of amides is 1. The van der Waals surface area contributed by atoms with Gasteiger partial charge in [-0.25, -0.2) is 19.9 Å². The van der Waals surface area contributed by atoms with E-state index in [4.69, 9.17) is 10.7 Å². The molecule has 0 unspecified atom stereocenters. The minimum atomic E-state index is -0.498. The van der Waals surface area contributed by atoms with Gasteiger partial charge in [0.1, 0.15) is 17.7 Å². The molecule has 3 aromatic heterocycles. The highest BCUT2D eigenvalue weighted by Crippen LogP contribution is 2.26. The molecule has 5 rings (SSSR count). The Morgan fingerprint density at radius 3 is 2.76 bits per heavy atom. The van der Waals surface area contributed by atoms with Crippen molar-refractivity contribution in [3.05, 3.63) is 72.6 Å². The van der Waals surface area contributed by atoms with Crippen LogP contribution >= 0.6 is 0 Å². The zero-order valence-electron chi connectivity index (χ0n) is 15.2. The van der Waals surface area contributed by atoms with Crippen molar-refractivity contribution in [3.8, 4) is 5.69 Å². The first-order valence-corrected chi connectivity index (χ1v) is 8.96. The summed E-state index contributed by atoms with van der Waals surface area (Å²) in [5.74, 6) is 0.836. The summed E-state index contributed by atoms with van der Waals surface area (Å²) in [6.45, 7) is 0.368. The van der Waals surface area contributed by atoms with Crippen LogP contribution in [0, 0.1) is 0 Å². The Morgan fingerprint density at radius 1 is 1.07 bits per heavy atom. The Hall–Kier alpha value is -4.27. The van der Waals surface area contributed by atoms with Gasteiger partial charge in [0.25, 0.3) is 5.91 Å². The van der Waals surface area contributed by atoms with Gasteiger partial charge < -0.3 is 16.0 Å². The molecule has 0 atom stereocenters. The van der Waals surface area contributed by atoms with E-state index in [0.29, 0.717) is 45.9 Å². The SMILES string of the molecule is NC(=O)c1cccc2nc(CNc3ncnc4nc[nH]c34)n(-c3ccccc3)c12. The molecule has 0 aliphatic heterocycles. The molecule has 9 heteroatoms. The number of hydrogen-bond donors (Lipinski definition) is 3. The first-order valence-electron chi connectivity index (χ1n) is 8.96. The smallest absolute Gasteiger partial charge is 0.250 e. The summed E-state index contributed by atoms with van der Waals surface area (Å²) in [6.07, 6.45) is 3.03. The van der Waals surface area contributed by atoms with Crippen LogP contribution in [0.15, 0.2) is 61.2 Å². The fourth-order valence-electron chi connectivity index (χ4n) is 3.41. The molecule has 0 saturated carbocycles. The van der Waals surface area contributed by atoms with Gasteiger partial charge >= 0.3 is 0 Å². The number of aromatic amines is 1. The number of nitrogens with one attached hydrogen (secondary N) is 2. The van der Waals surface area contributed by atoms with Gasteiger partial charge in [0.15, 0.2) is 11.5 Å². The van der Waals surface area contributed by atoms with Crippen molar-refractivity contribution in [2.75, 3.05) is 5.32 Å². The van der Waals surface area contributed by atoms with E-state index in [9.17, 15) is 4.79 Å². The Kier molecular flexibility index (Phi) is 3.91. The van der Waals surface area contributed by atoms with E-state index < -0.39 is 5.91 Å². The Morgan fingerprint density at radius 2 is 1.93 bits per heavy atom. The number of primary amides is 1. The van der Waals surface area contributed by atoms with Crippen LogP contribution in [0.2, 0.25) is 0 Å². The lowest BCUT2D eigenvalue weighted by Crippen LogP contribution is -2.14. The van der Waals surface area contributed by atoms with Crippen LogP contribution in [-0.4, -0.2) is 35.4 Å². The van der Waals surface area contributed by atoms with Crippen LogP contribution < -0.4 is 11.1 Å². The van der Waals surface area contributed by atoms with Gasteiger partial charge in [-0.2, -0.15) is 0 Å². The zero-order chi connectivity index (χ0) is 19.8. The number of rotatable bonds is 5. The molecule has 4 N–H and O–H groups in total. The van der Waals surface area contributed by atoms with Crippen LogP contribution in [0.4, 0.5) is 5.82 Å². The Balaban J connectivity index is 1.64. The fourth-order valence-corrected chi connectivity index (χ4v) is 3.41. The second kappa shape index (κ2) is 6.71. The topological polar surface area (TPSA) is 127 Å². The quantitative estimate of drug-likeness (QED) is 0.427. The molecule has 0 aliphatic rings. The van der Waals surface area contributed by atoms with Crippen molar-refractivity contribution >= 4 is 33.9 Å². The number of H-pyrrole nitrogens is 1. The number of nitrogens with zero attached hydrogens (tertiary/aromatic N) is 5. The summed E-state index contributed by atoms with van der Waals surface area (Å²) < 4.78 is 1.94. The third kappa shape index (κ3) is 2.85. The summed E-state index contributed by atoms with van der Waals surface area (Å²) in [4.78, 5) is 32.4. The van der Waals surface area contributed by atoms with Crippen molar-refractivity contribution in [2.45, 2.75) is 6.54 Å². The Bertz CT molecular complexity index is 1340. The van der Waals surface area contributed by atoms with E-state index in [1.165, 1.54) is 6.33 Å². The lowest BCUT2D eigenvalue weighted by Gasteiger charge is -2.12. The summed E-state index contributed by atoms with van der Waals surface area (Å²) in [5.41, 5.74) is 9.59. The number of benzene rings is 2. The highest BCUT2D eigenvalue weighted by atomic mass is 16.1. The highest BCUT2D eigenvalue weighted by Gasteiger charge is 2.18. The predicted octanol–water partition coefficient (Wildman–Crippen LogP) is 2.40. The number of carbonyl (C=O) groups excluding carboxylic acids is 1. The largest absolute Gasteiger partial charge is 0.366 e. The lowest BCUT2D eigenvalue weighted by molar-refractivity contribution is 0.100. The van der Waals surface area contributed by atoms with Gasteiger partial charge in [0.05, 0.1) is 29.5 Å². The van der Waals surface area contributed by atoms with Crippen LogP contribution in [0.1, 0.15) is 16.2 Å². The number of aromatic nitrogens is 6.